The molecule has 0 bridgehead atoms. The number of halogens is 2. The smallest absolute Gasteiger partial charge is 0.407 e. The summed E-state index contributed by atoms with van der Waals surface area (Å²) in [6.45, 7) is 10.1. The largest absolute Gasteiger partial charge is 0.444 e. The molecule has 0 fully saturated rings. The standard InChI is InChI=1S/C17H26Cl2N2O2/c1-6-15(13-8-7-12(18)9-14(13)19)20-10-11(2)21-16(22)23-17(3,4)5/h7-9,11,15,20H,6,10H2,1-5H3,(H,21,22). The molecule has 1 amide bonds. The molecule has 0 aliphatic rings. The molecular weight excluding hydrogens is 335 g/mol. The summed E-state index contributed by atoms with van der Waals surface area (Å²) in [6.07, 6.45) is 0.463. The summed E-state index contributed by atoms with van der Waals surface area (Å²) in [6, 6.07) is 5.53. The van der Waals surface area contributed by atoms with E-state index in [1.807, 2.05) is 39.8 Å². The van der Waals surface area contributed by atoms with Crippen LogP contribution in [-0.4, -0.2) is 24.3 Å². The lowest BCUT2D eigenvalue weighted by molar-refractivity contribution is 0.0507. The topological polar surface area (TPSA) is 50.4 Å². The summed E-state index contributed by atoms with van der Waals surface area (Å²) < 4.78 is 5.24. The number of carbonyl (C=O) groups excluding carboxylic acids is 1. The van der Waals surface area contributed by atoms with E-state index in [2.05, 4.69) is 17.6 Å². The fraction of sp³-hybridized carbons (Fsp3) is 0.588. The Morgan fingerprint density at radius 1 is 1.30 bits per heavy atom. The molecule has 0 aliphatic carbocycles. The zero-order valence-corrected chi connectivity index (χ0v) is 15.9. The lowest BCUT2D eigenvalue weighted by Gasteiger charge is -2.24. The maximum absolute atomic E-state index is 11.7. The van der Waals surface area contributed by atoms with Gasteiger partial charge in [-0.2, -0.15) is 0 Å². The Hall–Kier alpha value is -0.970. The van der Waals surface area contributed by atoms with Gasteiger partial charge in [-0.1, -0.05) is 36.2 Å². The zero-order chi connectivity index (χ0) is 17.6. The van der Waals surface area contributed by atoms with Crippen LogP contribution in [0.15, 0.2) is 18.2 Å². The van der Waals surface area contributed by atoms with Crippen LogP contribution in [0.5, 0.6) is 0 Å². The van der Waals surface area contributed by atoms with Crippen molar-refractivity contribution in [3.05, 3.63) is 33.8 Å². The second-order valence-corrected chi connectivity index (χ2v) is 7.43. The van der Waals surface area contributed by atoms with Crippen molar-refractivity contribution in [2.45, 2.75) is 58.7 Å². The lowest BCUT2D eigenvalue weighted by Crippen LogP contribution is -2.43. The summed E-state index contributed by atoms with van der Waals surface area (Å²) in [4.78, 5) is 11.7. The van der Waals surface area contributed by atoms with Crippen LogP contribution in [0.1, 0.15) is 52.6 Å². The summed E-state index contributed by atoms with van der Waals surface area (Å²) in [5.41, 5.74) is 0.503. The van der Waals surface area contributed by atoms with Gasteiger partial charge in [0.2, 0.25) is 0 Å². The Morgan fingerprint density at radius 3 is 2.48 bits per heavy atom. The predicted octanol–water partition coefficient (Wildman–Crippen LogP) is 4.95. The molecule has 130 valence electrons. The van der Waals surface area contributed by atoms with E-state index in [1.54, 1.807) is 6.07 Å². The molecule has 23 heavy (non-hydrogen) atoms. The Balaban J connectivity index is 2.55. The highest BCUT2D eigenvalue weighted by molar-refractivity contribution is 6.35. The molecule has 1 rings (SSSR count). The molecule has 6 heteroatoms. The fourth-order valence-corrected chi connectivity index (χ4v) is 2.68. The number of nitrogens with one attached hydrogen (secondary N) is 2. The maximum atomic E-state index is 11.7. The van der Waals surface area contributed by atoms with Crippen molar-refractivity contribution in [3.8, 4) is 0 Å². The van der Waals surface area contributed by atoms with Gasteiger partial charge in [-0.3, -0.25) is 0 Å². The van der Waals surface area contributed by atoms with Crippen molar-refractivity contribution in [1.82, 2.24) is 10.6 Å². The van der Waals surface area contributed by atoms with E-state index < -0.39 is 11.7 Å². The zero-order valence-electron chi connectivity index (χ0n) is 14.4. The van der Waals surface area contributed by atoms with E-state index >= 15 is 0 Å². The van der Waals surface area contributed by atoms with Gasteiger partial charge in [0.15, 0.2) is 0 Å². The molecule has 0 heterocycles. The van der Waals surface area contributed by atoms with Crippen molar-refractivity contribution >= 4 is 29.3 Å². The number of benzene rings is 1. The average molecular weight is 361 g/mol. The summed E-state index contributed by atoms with van der Waals surface area (Å²) >= 11 is 12.2. The molecule has 0 spiro atoms. The third-order valence-corrected chi connectivity index (χ3v) is 3.74. The van der Waals surface area contributed by atoms with Gasteiger partial charge in [-0.15, -0.1) is 0 Å². The van der Waals surface area contributed by atoms with Crippen LogP contribution in [0.4, 0.5) is 4.79 Å². The molecule has 2 atom stereocenters. The van der Waals surface area contributed by atoms with Gasteiger partial charge in [0, 0.05) is 28.7 Å². The molecule has 0 saturated heterocycles. The number of hydrogen-bond acceptors (Lipinski definition) is 3. The van der Waals surface area contributed by atoms with Gasteiger partial charge in [-0.25, -0.2) is 4.79 Å². The van der Waals surface area contributed by atoms with Crippen LogP contribution >= 0.6 is 23.2 Å². The average Bonchev–Trinajstić information content (AvgIpc) is 2.38. The molecular formula is C17H26Cl2N2O2. The predicted molar refractivity (Wildman–Crippen MR) is 96.3 cm³/mol. The first-order valence-corrected chi connectivity index (χ1v) is 8.55. The van der Waals surface area contributed by atoms with E-state index in [-0.39, 0.29) is 12.1 Å². The molecule has 0 aromatic heterocycles. The Bertz CT molecular complexity index is 530. The van der Waals surface area contributed by atoms with Gasteiger partial charge in [0.05, 0.1) is 0 Å². The Morgan fingerprint density at radius 2 is 1.96 bits per heavy atom. The van der Waals surface area contributed by atoms with Gasteiger partial charge in [-0.05, 0) is 51.8 Å². The van der Waals surface area contributed by atoms with Crippen molar-refractivity contribution < 1.29 is 9.53 Å². The van der Waals surface area contributed by atoms with Crippen LogP contribution in [0.3, 0.4) is 0 Å². The Kier molecular flexibility index (Phi) is 7.65. The second kappa shape index (κ2) is 8.76. The molecule has 4 nitrogen and oxygen atoms in total. The van der Waals surface area contributed by atoms with Crippen LogP contribution in [-0.2, 0) is 4.74 Å². The van der Waals surface area contributed by atoms with E-state index in [4.69, 9.17) is 27.9 Å². The lowest BCUT2D eigenvalue weighted by atomic mass is 10.0. The molecule has 2 unspecified atom stereocenters. The summed E-state index contributed by atoms with van der Waals surface area (Å²) in [5, 5.41) is 7.49. The minimum atomic E-state index is -0.500. The number of ether oxygens (including phenoxy) is 1. The first kappa shape index (κ1) is 20.1. The maximum Gasteiger partial charge on any atom is 0.407 e. The quantitative estimate of drug-likeness (QED) is 0.754. The fourth-order valence-electron chi connectivity index (χ4n) is 2.14. The van der Waals surface area contributed by atoms with Crippen molar-refractivity contribution in [3.63, 3.8) is 0 Å². The highest BCUT2D eigenvalue weighted by atomic mass is 35.5. The van der Waals surface area contributed by atoms with Crippen molar-refractivity contribution in [2.24, 2.45) is 0 Å². The van der Waals surface area contributed by atoms with E-state index in [0.29, 0.717) is 16.6 Å². The minimum Gasteiger partial charge on any atom is -0.444 e. The first-order chi connectivity index (χ1) is 10.6. The van der Waals surface area contributed by atoms with Crippen LogP contribution in [0.25, 0.3) is 0 Å². The molecule has 0 radical (unpaired) electrons. The van der Waals surface area contributed by atoms with Gasteiger partial charge in [0.25, 0.3) is 0 Å². The summed E-state index contributed by atoms with van der Waals surface area (Å²) in [7, 11) is 0. The van der Waals surface area contributed by atoms with Crippen LogP contribution < -0.4 is 10.6 Å². The van der Waals surface area contributed by atoms with Gasteiger partial charge >= 0.3 is 6.09 Å². The van der Waals surface area contributed by atoms with Crippen LogP contribution in [0, 0.1) is 0 Å². The monoisotopic (exact) mass is 360 g/mol. The normalized spacial score (nSPS) is 14.2. The third kappa shape index (κ3) is 7.42. The number of carbonyl (C=O) groups is 1. The number of hydrogen-bond donors (Lipinski definition) is 2. The number of alkyl carbamates (subject to hydrolysis) is 1. The third-order valence-electron chi connectivity index (χ3n) is 3.18. The highest BCUT2D eigenvalue weighted by Gasteiger charge is 2.19. The number of rotatable bonds is 6. The summed E-state index contributed by atoms with van der Waals surface area (Å²) in [5.74, 6) is 0. The van der Waals surface area contributed by atoms with Gasteiger partial charge < -0.3 is 15.4 Å². The van der Waals surface area contributed by atoms with E-state index in [9.17, 15) is 4.79 Å². The molecule has 1 aromatic rings. The van der Waals surface area contributed by atoms with Crippen LogP contribution in [0.2, 0.25) is 10.0 Å². The van der Waals surface area contributed by atoms with Crippen molar-refractivity contribution in [2.75, 3.05) is 6.54 Å². The Labute approximate surface area is 148 Å². The number of amides is 1. The SMILES string of the molecule is CCC(NCC(C)NC(=O)OC(C)(C)C)c1ccc(Cl)cc1Cl. The molecule has 0 saturated carbocycles. The van der Waals surface area contributed by atoms with Crippen molar-refractivity contribution in [1.29, 1.82) is 0 Å². The molecule has 2 N–H and O–H groups in total. The molecule has 0 aliphatic heterocycles. The van der Waals surface area contributed by atoms with E-state index in [1.165, 1.54) is 0 Å². The van der Waals surface area contributed by atoms with E-state index in [0.717, 1.165) is 12.0 Å². The highest BCUT2D eigenvalue weighted by Crippen LogP contribution is 2.27. The first-order valence-electron chi connectivity index (χ1n) is 7.80. The second-order valence-electron chi connectivity index (χ2n) is 6.58. The van der Waals surface area contributed by atoms with Gasteiger partial charge in [0.1, 0.15) is 5.60 Å². The minimum absolute atomic E-state index is 0.0648. The molecule has 1 aromatic carbocycles.